The quantitative estimate of drug-likeness (QED) is 0.559. The highest BCUT2D eigenvalue weighted by molar-refractivity contribution is 7.58. The lowest BCUT2D eigenvalue weighted by Crippen LogP contribution is -2.22. The zero-order valence-corrected chi connectivity index (χ0v) is 7.99. The third-order valence-corrected chi connectivity index (χ3v) is 3.94. The maximum absolute atomic E-state index is 11.2. The zero-order valence-electron chi connectivity index (χ0n) is 7.10. The van der Waals surface area contributed by atoms with Crippen LogP contribution in [0.3, 0.4) is 0 Å². The first-order valence-corrected chi connectivity index (χ1v) is 5.48. The van der Waals surface area contributed by atoms with Crippen LogP contribution < -0.4 is 5.73 Å². The molecule has 6 heteroatoms. The molecule has 0 aliphatic heterocycles. The van der Waals surface area contributed by atoms with Gasteiger partial charge in [-0.15, -0.1) is 0 Å². The highest BCUT2D eigenvalue weighted by atomic mass is 31.2. The number of rotatable bonds is 4. The van der Waals surface area contributed by atoms with E-state index in [9.17, 15) is 14.3 Å². The van der Waals surface area contributed by atoms with Gasteiger partial charge in [0, 0.05) is 6.16 Å². The Balaban J connectivity index is 4.25. The van der Waals surface area contributed by atoms with Crippen molar-refractivity contribution in [2.75, 3.05) is 6.16 Å². The van der Waals surface area contributed by atoms with E-state index in [1.807, 2.05) is 0 Å². The van der Waals surface area contributed by atoms with E-state index >= 15 is 0 Å². The fraction of sp³-hybridized carbons (Fsp3) is 0.833. The molecule has 0 fully saturated rings. The lowest BCUT2D eigenvalue weighted by Gasteiger charge is -2.16. The molecule has 0 aliphatic carbocycles. The van der Waals surface area contributed by atoms with Gasteiger partial charge in [-0.2, -0.15) is 0 Å². The third-order valence-electron chi connectivity index (χ3n) is 1.59. The van der Waals surface area contributed by atoms with Crippen molar-refractivity contribution in [3.63, 3.8) is 0 Å². The van der Waals surface area contributed by atoms with E-state index in [1.54, 1.807) is 0 Å². The van der Waals surface area contributed by atoms with Crippen LogP contribution in [0.5, 0.6) is 0 Å². The molecule has 0 radical (unpaired) electrons. The van der Waals surface area contributed by atoms with Crippen LogP contribution in [0.4, 0.5) is 0 Å². The van der Waals surface area contributed by atoms with Gasteiger partial charge in [-0.25, -0.2) is 0 Å². The second-order valence-corrected chi connectivity index (χ2v) is 5.61. The number of hydrogen-bond donors (Lipinski definition) is 3. The predicted octanol–water partition coefficient (Wildman–Crippen LogP) is 0.282. The van der Waals surface area contributed by atoms with Crippen molar-refractivity contribution >= 4 is 13.3 Å². The van der Waals surface area contributed by atoms with Gasteiger partial charge >= 0.3 is 5.97 Å². The Bertz CT molecular complexity index is 216. The average molecular weight is 195 g/mol. The van der Waals surface area contributed by atoms with Gasteiger partial charge < -0.3 is 15.7 Å². The summed E-state index contributed by atoms with van der Waals surface area (Å²) in [6.45, 7) is 2.78. The summed E-state index contributed by atoms with van der Waals surface area (Å²) in [7, 11) is -3.48. The molecule has 0 aromatic carbocycles. The van der Waals surface area contributed by atoms with E-state index in [4.69, 9.17) is 10.8 Å². The number of carboxylic acid groups (broad SMARTS) is 1. The van der Waals surface area contributed by atoms with Gasteiger partial charge in [0.25, 0.3) is 0 Å². The normalized spacial score (nSPS) is 21.0. The van der Waals surface area contributed by atoms with Crippen molar-refractivity contribution in [3.8, 4) is 0 Å². The number of nitrogens with two attached hydrogens (primary N) is 1. The Kier molecular flexibility index (Phi) is 3.90. The molecule has 3 atom stereocenters. The first kappa shape index (κ1) is 11.6. The summed E-state index contributed by atoms with van der Waals surface area (Å²) >= 11 is 0. The Hall–Kier alpha value is -0.380. The Morgan fingerprint density at radius 2 is 2.00 bits per heavy atom. The van der Waals surface area contributed by atoms with Crippen LogP contribution in [-0.2, 0) is 9.36 Å². The van der Waals surface area contributed by atoms with Crippen LogP contribution >= 0.6 is 7.37 Å². The van der Waals surface area contributed by atoms with Crippen LogP contribution in [0.25, 0.3) is 0 Å². The molecule has 0 aromatic heterocycles. The average Bonchev–Trinajstić information content (AvgIpc) is 1.85. The van der Waals surface area contributed by atoms with Crippen LogP contribution in [-0.4, -0.2) is 27.9 Å². The lowest BCUT2D eigenvalue weighted by atomic mass is 10.2. The van der Waals surface area contributed by atoms with E-state index < -0.39 is 25.0 Å². The van der Waals surface area contributed by atoms with Crippen molar-refractivity contribution in [2.45, 2.75) is 19.6 Å². The number of hydrogen-bond acceptors (Lipinski definition) is 3. The van der Waals surface area contributed by atoms with E-state index in [2.05, 4.69) is 0 Å². The second kappa shape index (κ2) is 4.03. The van der Waals surface area contributed by atoms with Gasteiger partial charge in [-0.3, -0.25) is 9.36 Å². The first-order valence-electron chi connectivity index (χ1n) is 3.57. The Labute approximate surface area is 71.0 Å². The zero-order chi connectivity index (χ0) is 9.94. The summed E-state index contributed by atoms with van der Waals surface area (Å²) in [4.78, 5) is 19.5. The molecule has 0 saturated carbocycles. The molecular formula is C6H14NO4P. The summed E-state index contributed by atoms with van der Waals surface area (Å²) in [6.07, 6.45) is -0.264. The summed E-state index contributed by atoms with van der Waals surface area (Å²) in [5, 5.41) is 8.45. The Morgan fingerprint density at radius 3 is 2.25 bits per heavy atom. The van der Waals surface area contributed by atoms with Crippen molar-refractivity contribution in [1.82, 2.24) is 0 Å². The van der Waals surface area contributed by atoms with Gasteiger partial charge in [0.1, 0.15) is 0 Å². The van der Waals surface area contributed by atoms with Crippen molar-refractivity contribution in [1.29, 1.82) is 0 Å². The molecule has 0 bridgehead atoms. The molecule has 72 valence electrons. The minimum atomic E-state index is -3.48. The van der Waals surface area contributed by atoms with Crippen molar-refractivity contribution in [3.05, 3.63) is 0 Å². The predicted molar refractivity (Wildman–Crippen MR) is 45.1 cm³/mol. The van der Waals surface area contributed by atoms with E-state index in [-0.39, 0.29) is 6.16 Å². The standard InChI is InChI=1S/C6H14NO4P/c1-4(6(8)9)3-12(10,11)5(2)7/h4-5H,3,7H2,1-2H3,(H,8,9)(H,10,11)/t4?,5-/m0/s1. The number of carboxylic acids is 1. The van der Waals surface area contributed by atoms with Crippen molar-refractivity contribution < 1.29 is 19.4 Å². The first-order chi connectivity index (χ1) is 5.27. The van der Waals surface area contributed by atoms with Crippen LogP contribution in [0.2, 0.25) is 0 Å². The molecule has 2 unspecified atom stereocenters. The van der Waals surface area contributed by atoms with Crippen molar-refractivity contribution in [2.24, 2.45) is 11.7 Å². The highest BCUT2D eigenvalue weighted by Gasteiger charge is 2.28. The minimum absolute atomic E-state index is 0.264. The molecule has 0 rings (SSSR count). The van der Waals surface area contributed by atoms with Gasteiger partial charge in [-0.1, -0.05) is 6.92 Å². The maximum atomic E-state index is 11.2. The fourth-order valence-electron chi connectivity index (χ4n) is 0.637. The molecule has 0 aliphatic rings. The van der Waals surface area contributed by atoms with E-state index in [1.165, 1.54) is 13.8 Å². The second-order valence-electron chi connectivity index (χ2n) is 2.92. The lowest BCUT2D eigenvalue weighted by molar-refractivity contribution is -0.140. The molecule has 12 heavy (non-hydrogen) atoms. The number of carbonyl (C=O) groups is 1. The smallest absolute Gasteiger partial charge is 0.306 e. The summed E-state index contributed by atoms with van der Waals surface area (Å²) in [6, 6.07) is 0. The molecule has 0 amide bonds. The monoisotopic (exact) mass is 195 g/mol. The molecule has 0 spiro atoms. The SMILES string of the molecule is CC(CP(=O)(O)[C@@H](C)N)C(=O)O. The molecule has 5 nitrogen and oxygen atoms in total. The van der Waals surface area contributed by atoms with Crippen LogP contribution in [0.15, 0.2) is 0 Å². The molecule has 0 heterocycles. The number of aliphatic carboxylic acids is 1. The molecule has 0 aromatic rings. The van der Waals surface area contributed by atoms with Gasteiger partial charge in [0.2, 0.25) is 7.37 Å². The fourth-order valence-corrected chi connectivity index (χ4v) is 1.91. The van der Waals surface area contributed by atoms with Gasteiger partial charge in [0.15, 0.2) is 0 Å². The van der Waals surface area contributed by atoms with E-state index in [0.717, 1.165) is 0 Å². The van der Waals surface area contributed by atoms with Crippen LogP contribution in [0, 0.1) is 5.92 Å². The molecule has 0 saturated heterocycles. The largest absolute Gasteiger partial charge is 0.481 e. The van der Waals surface area contributed by atoms with Gasteiger partial charge in [0.05, 0.1) is 11.7 Å². The summed E-state index contributed by atoms with van der Waals surface area (Å²) in [5.74, 6) is -2.77. The molecular weight excluding hydrogens is 181 g/mol. The Morgan fingerprint density at radius 1 is 1.58 bits per heavy atom. The maximum Gasteiger partial charge on any atom is 0.306 e. The van der Waals surface area contributed by atoms with Crippen LogP contribution in [0.1, 0.15) is 13.8 Å². The topological polar surface area (TPSA) is 101 Å². The third kappa shape index (κ3) is 3.34. The minimum Gasteiger partial charge on any atom is -0.481 e. The van der Waals surface area contributed by atoms with E-state index in [0.29, 0.717) is 0 Å². The highest BCUT2D eigenvalue weighted by Crippen LogP contribution is 2.45. The summed E-state index contributed by atoms with van der Waals surface area (Å²) < 4.78 is 11.2. The molecule has 4 N–H and O–H groups in total. The van der Waals surface area contributed by atoms with Gasteiger partial charge in [-0.05, 0) is 6.92 Å². The summed E-state index contributed by atoms with van der Waals surface area (Å²) in [5.41, 5.74) is 5.21.